The van der Waals surface area contributed by atoms with Crippen molar-refractivity contribution < 1.29 is 18.9 Å². The van der Waals surface area contributed by atoms with E-state index < -0.39 is 0 Å². The highest BCUT2D eigenvalue weighted by Gasteiger charge is 2.19. The minimum atomic E-state index is 0.504. The van der Waals surface area contributed by atoms with Crippen molar-refractivity contribution >= 4 is 0 Å². The molecule has 0 amide bonds. The molecule has 6 rings (SSSR count). The maximum absolute atomic E-state index is 6.55. The van der Waals surface area contributed by atoms with Gasteiger partial charge in [0.25, 0.3) is 0 Å². The van der Waals surface area contributed by atoms with E-state index in [2.05, 4.69) is 69.8 Å². The molecule has 4 saturated heterocycles. The third-order valence-corrected chi connectivity index (χ3v) is 14.4. The summed E-state index contributed by atoms with van der Waals surface area (Å²) in [6, 6.07) is 13.5. The summed E-state index contributed by atoms with van der Waals surface area (Å²) in [6.07, 6.45) is 27.6. The van der Waals surface area contributed by atoms with Gasteiger partial charge in [-0.2, -0.15) is 0 Å². The molecule has 8 heteroatoms. The first-order valence-corrected chi connectivity index (χ1v) is 26.3. The SMILES string of the molecule is C[C@H](Cc1ccc(OCCCCN2CCCCC2)c(OCCCCN2CCCCC2)c1)[C@@H](C)Cc1ccc(OCCCCN2CCCCC2)c(OCCCCN2CCCCC2)c1. The Labute approximate surface area is 379 Å². The number of likely N-dealkylation sites (tertiary alicyclic amines) is 4. The molecule has 2 atom stereocenters. The second-order valence-corrected chi connectivity index (χ2v) is 19.8. The summed E-state index contributed by atoms with van der Waals surface area (Å²) in [5.74, 6) is 4.68. The first kappa shape index (κ1) is 48.9. The minimum Gasteiger partial charge on any atom is -0.490 e. The lowest BCUT2D eigenvalue weighted by molar-refractivity contribution is 0.209. The van der Waals surface area contributed by atoms with Gasteiger partial charge < -0.3 is 38.5 Å². The van der Waals surface area contributed by atoms with Crippen LogP contribution in [0.25, 0.3) is 0 Å². The predicted octanol–water partition coefficient (Wildman–Crippen LogP) is 11.3. The zero-order valence-electron chi connectivity index (χ0n) is 39.9. The Balaban J connectivity index is 1.000. The minimum absolute atomic E-state index is 0.504. The van der Waals surface area contributed by atoms with Gasteiger partial charge >= 0.3 is 0 Å². The molecule has 0 spiro atoms. The largest absolute Gasteiger partial charge is 0.490 e. The van der Waals surface area contributed by atoms with Crippen molar-refractivity contribution in [3.05, 3.63) is 47.5 Å². The fourth-order valence-corrected chi connectivity index (χ4v) is 10.2. The van der Waals surface area contributed by atoms with E-state index in [-0.39, 0.29) is 0 Å². The molecule has 4 heterocycles. The summed E-state index contributed by atoms with van der Waals surface area (Å²) in [4.78, 5) is 10.5. The molecular weight excluding hydrogens is 769 g/mol. The van der Waals surface area contributed by atoms with Crippen LogP contribution in [0.2, 0.25) is 0 Å². The van der Waals surface area contributed by atoms with Crippen LogP contribution < -0.4 is 18.9 Å². The summed E-state index contributed by atoms with van der Waals surface area (Å²) in [5, 5.41) is 0. The van der Waals surface area contributed by atoms with Crippen LogP contribution in [0.5, 0.6) is 23.0 Å². The van der Waals surface area contributed by atoms with E-state index in [4.69, 9.17) is 18.9 Å². The van der Waals surface area contributed by atoms with Crippen LogP contribution in [0.4, 0.5) is 0 Å². The highest BCUT2D eigenvalue weighted by Crippen LogP contribution is 2.34. The number of ether oxygens (including phenoxy) is 4. The molecule has 62 heavy (non-hydrogen) atoms. The van der Waals surface area contributed by atoms with Gasteiger partial charge in [0.1, 0.15) is 0 Å². The third kappa shape index (κ3) is 18.5. The zero-order valence-corrected chi connectivity index (χ0v) is 39.9. The molecule has 0 radical (unpaired) electrons. The van der Waals surface area contributed by atoms with Crippen LogP contribution in [0.3, 0.4) is 0 Å². The quantitative estimate of drug-likeness (QED) is 0.0750. The molecule has 0 saturated carbocycles. The van der Waals surface area contributed by atoms with E-state index in [1.165, 1.54) is 192 Å². The van der Waals surface area contributed by atoms with Crippen molar-refractivity contribution in [3.8, 4) is 23.0 Å². The molecule has 8 nitrogen and oxygen atoms in total. The number of benzene rings is 2. The number of rotatable bonds is 29. The summed E-state index contributed by atoms with van der Waals surface area (Å²) in [6.45, 7) is 22.7. The average Bonchev–Trinajstić information content (AvgIpc) is 3.31. The Hall–Kier alpha value is -2.52. The van der Waals surface area contributed by atoms with Crippen LogP contribution in [0, 0.1) is 11.8 Å². The van der Waals surface area contributed by atoms with Gasteiger partial charge in [-0.25, -0.2) is 0 Å². The van der Waals surface area contributed by atoms with Gasteiger partial charge in [0, 0.05) is 0 Å². The normalized spacial score (nSPS) is 19.6. The van der Waals surface area contributed by atoms with Crippen LogP contribution in [0.15, 0.2) is 36.4 Å². The molecular formula is C54H90N4O4. The lowest BCUT2D eigenvalue weighted by Crippen LogP contribution is -2.30. The number of hydrogen-bond acceptors (Lipinski definition) is 8. The van der Waals surface area contributed by atoms with Gasteiger partial charge in [0.05, 0.1) is 26.4 Å². The summed E-state index contributed by atoms with van der Waals surface area (Å²) in [5.41, 5.74) is 2.67. The van der Waals surface area contributed by atoms with Crippen molar-refractivity contribution in [2.75, 3.05) is 105 Å². The Bertz CT molecular complexity index is 1360. The lowest BCUT2D eigenvalue weighted by atomic mass is 9.85. The highest BCUT2D eigenvalue weighted by molar-refractivity contribution is 5.44. The molecule has 4 fully saturated rings. The van der Waals surface area contributed by atoms with Gasteiger partial charge in [-0.3, -0.25) is 0 Å². The van der Waals surface area contributed by atoms with Crippen molar-refractivity contribution in [2.45, 2.75) is 155 Å². The standard InChI is InChI=1S/C54H90N4O4/c1-47(43-49-23-25-51(59-39-19-15-35-55-27-7-3-8-28-55)53(45-49)61-41-21-17-37-57-31-11-5-12-32-57)48(2)44-50-24-26-52(60-40-20-16-36-56-29-9-4-10-30-56)54(46-50)62-42-22-18-38-58-33-13-6-14-34-58/h23-26,45-48H,3-22,27-44H2,1-2H3/t47-,48+. The third-order valence-electron chi connectivity index (χ3n) is 14.4. The lowest BCUT2D eigenvalue weighted by Gasteiger charge is -2.26. The molecule has 4 aliphatic heterocycles. The van der Waals surface area contributed by atoms with E-state index in [9.17, 15) is 0 Å². The van der Waals surface area contributed by atoms with Crippen LogP contribution in [-0.4, -0.2) is 125 Å². The van der Waals surface area contributed by atoms with Gasteiger partial charge in [0.2, 0.25) is 0 Å². The van der Waals surface area contributed by atoms with E-state index >= 15 is 0 Å². The van der Waals surface area contributed by atoms with Crippen molar-refractivity contribution in [1.82, 2.24) is 19.6 Å². The molecule has 4 aliphatic rings. The molecule has 0 bridgehead atoms. The fraction of sp³-hybridized carbons (Fsp3) is 0.778. The van der Waals surface area contributed by atoms with Gasteiger partial charge in [-0.15, -0.1) is 0 Å². The average molecular weight is 859 g/mol. The molecule has 0 aliphatic carbocycles. The van der Waals surface area contributed by atoms with Crippen molar-refractivity contribution in [3.63, 3.8) is 0 Å². The second-order valence-electron chi connectivity index (χ2n) is 19.8. The Kier molecular flexibility index (Phi) is 23.0. The zero-order chi connectivity index (χ0) is 42.9. The predicted molar refractivity (Wildman–Crippen MR) is 259 cm³/mol. The van der Waals surface area contributed by atoms with Crippen LogP contribution in [-0.2, 0) is 12.8 Å². The number of unbranched alkanes of at least 4 members (excludes halogenated alkanes) is 4. The van der Waals surface area contributed by atoms with E-state index in [0.29, 0.717) is 11.8 Å². The summed E-state index contributed by atoms with van der Waals surface area (Å²) < 4.78 is 26.0. The molecule has 0 N–H and O–H groups in total. The first-order chi connectivity index (χ1) is 30.6. The summed E-state index contributed by atoms with van der Waals surface area (Å²) >= 11 is 0. The smallest absolute Gasteiger partial charge is 0.161 e. The maximum Gasteiger partial charge on any atom is 0.161 e. The Morgan fingerprint density at radius 3 is 0.919 bits per heavy atom. The Morgan fingerprint density at radius 1 is 0.355 bits per heavy atom. The highest BCUT2D eigenvalue weighted by atomic mass is 16.5. The van der Waals surface area contributed by atoms with Crippen molar-refractivity contribution in [1.29, 1.82) is 0 Å². The fourth-order valence-electron chi connectivity index (χ4n) is 10.2. The second kappa shape index (κ2) is 29.1. The van der Waals surface area contributed by atoms with E-state index in [1.807, 2.05) is 0 Å². The molecule has 2 aromatic rings. The molecule has 350 valence electrons. The van der Waals surface area contributed by atoms with Gasteiger partial charge in [0.15, 0.2) is 23.0 Å². The Morgan fingerprint density at radius 2 is 0.629 bits per heavy atom. The van der Waals surface area contributed by atoms with Gasteiger partial charge in [-0.05, 0) is 241 Å². The monoisotopic (exact) mass is 859 g/mol. The maximum atomic E-state index is 6.55. The van der Waals surface area contributed by atoms with E-state index in [1.54, 1.807) is 0 Å². The summed E-state index contributed by atoms with van der Waals surface area (Å²) in [7, 11) is 0. The molecule has 2 aromatic carbocycles. The van der Waals surface area contributed by atoms with Gasteiger partial charge in [-0.1, -0.05) is 51.7 Å². The molecule has 0 unspecified atom stereocenters. The van der Waals surface area contributed by atoms with Crippen LogP contribution >= 0.6 is 0 Å². The topological polar surface area (TPSA) is 49.9 Å². The number of piperidine rings is 4. The van der Waals surface area contributed by atoms with Crippen molar-refractivity contribution in [2.24, 2.45) is 11.8 Å². The van der Waals surface area contributed by atoms with Crippen LogP contribution in [0.1, 0.15) is 153 Å². The molecule has 0 aromatic heterocycles. The number of nitrogens with zero attached hydrogens (tertiary/aromatic N) is 4. The number of hydrogen-bond donors (Lipinski definition) is 0. The van der Waals surface area contributed by atoms with E-state index in [0.717, 1.165) is 88.0 Å². The first-order valence-electron chi connectivity index (χ1n) is 26.3.